The first-order chi connectivity index (χ1) is 17.0. The van der Waals surface area contributed by atoms with E-state index in [2.05, 4.69) is 10.6 Å². The molecule has 4 rings (SSSR count). The number of benzene rings is 2. The minimum absolute atomic E-state index is 0.255. The van der Waals surface area contributed by atoms with Gasteiger partial charge in [0.25, 0.3) is 11.8 Å². The number of rotatable bonds is 8. The predicted molar refractivity (Wildman–Crippen MR) is 128 cm³/mol. The van der Waals surface area contributed by atoms with Crippen LogP contribution in [-0.2, 0) is 0 Å². The number of carbonyl (C=O) groups excluding carboxylic acids is 2. The van der Waals surface area contributed by atoms with Crippen molar-refractivity contribution in [1.82, 2.24) is 10.6 Å². The van der Waals surface area contributed by atoms with E-state index in [9.17, 15) is 40.2 Å². The fourth-order valence-electron chi connectivity index (χ4n) is 5.97. The van der Waals surface area contributed by atoms with Crippen molar-refractivity contribution in [2.24, 2.45) is 0 Å². The highest BCUT2D eigenvalue weighted by Gasteiger charge is 2.93. The van der Waals surface area contributed by atoms with Crippen molar-refractivity contribution < 1.29 is 40.2 Å². The van der Waals surface area contributed by atoms with E-state index in [4.69, 9.17) is 0 Å². The number of hydrogen-bond donors (Lipinski definition) is 8. The Bertz CT molecular complexity index is 1140. The van der Waals surface area contributed by atoms with Gasteiger partial charge in [-0.1, -0.05) is 31.2 Å². The number of hydrogen-bond acceptors (Lipinski definition) is 8. The summed E-state index contributed by atoms with van der Waals surface area (Å²) in [6.45, 7) is 1.51. The van der Waals surface area contributed by atoms with Gasteiger partial charge in [-0.15, -0.1) is 0 Å². The normalized spacial score (nSPS) is 33.5. The largest absolute Gasteiger partial charge is 0.394 e. The van der Waals surface area contributed by atoms with Gasteiger partial charge in [0, 0.05) is 30.6 Å². The van der Waals surface area contributed by atoms with Crippen molar-refractivity contribution in [2.75, 3.05) is 20.2 Å². The van der Waals surface area contributed by atoms with Crippen LogP contribution in [0, 0.1) is 0 Å². The molecule has 0 spiro atoms. The maximum atomic E-state index is 12.2. The van der Waals surface area contributed by atoms with E-state index in [-0.39, 0.29) is 17.4 Å². The monoisotopic (exact) mass is 500 g/mol. The first-order valence-electron chi connectivity index (χ1n) is 11.9. The minimum atomic E-state index is -2.44. The molecule has 7 atom stereocenters. The molecule has 2 fully saturated rings. The van der Waals surface area contributed by atoms with Crippen LogP contribution in [0.4, 0.5) is 0 Å². The highest BCUT2D eigenvalue weighted by Crippen LogP contribution is 2.75. The topological polar surface area (TPSA) is 180 Å². The molecule has 2 amide bonds. The van der Waals surface area contributed by atoms with Gasteiger partial charge in [0.1, 0.15) is 22.9 Å². The van der Waals surface area contributed by atoms with Crippen LogP contribution < -0.4 is 10.6 Å². The van der Waals surface area contributed by atoms with E-state index >= 15 is 0 Å². The van der Waals surface area contributed by atoms with Gasteiger partial charge in [0.2, 0.25) is 0 Å². The summed E-state index contributed by atoms with van der Waals surface area (Å²) in [5, 5.41) is 71.4. The maximum absolute atomic E-state index is 12.2. The van der Waals surface area contributed by atoms with E-state index in [1.807, 2.05) is 6.92 Å². The number of fused-ring (bicyclic) bond motifs is 1. The molecule has 36 heavy (non-hydrogen) atoms. The number of aliphatic hydroxyl groups excluding tert-OH is 3. The molecular weight excluding hydrogens is 468 g/mol. The summed E-state index contributed by atoms with van der Waals surface area (Å²) < 4.78 is 0. The molecule has 0 bridgehead atoms. The van der Waals surface area contributed by atoms with Gasteiger partial charge in [0.15, 0.2) is 0 Å². The number of amides is 2. The van der Waals surface area contributed by atoms with E-state index < -0.39 is 47.5 Å². The van der Waals surface area contributed by atoms with Crippen LogP contribution >= 0.6 is 0 Å². The third kappa shape index (κ3) is 3.26. The molecule has 2 saturated carbocycles. The molecule has 0 aromatic heterocycles. The van der Waals surface area contributed by atoms with Gasteiger partial charge < -0.3 is 41.3 Å². The van der Waals surface area contributed by atoms with Gasteiger partial charge in [-0.25, -0.2) is 0 Å². The molecule has 10 nitrogen and oxygen atoms in total. The molecule has 10 heteroatoms. The zero-order valence-electron chi connectivity index (χ0n) is 20.0. The summed E-state index contributed by atoms with van der Waals surface area (Å²) in [4.78, 5) is 24.1. The SMILES string of the molecule is CCCNC(=O)c1ccc(C2C(O)[C@@]3(O)C(c4ccc(C(=O)NC)cc4)[C@@](O)([C@H](O)CO)[C@@]23O)cc1. The second kappa shape index (κ2) is 9.22. The molecule has 8 N–H and O–H groups in total. The molecule has 2 aromatic rings. The lowest BCUT2D eigenvalue weighted by atomic mass is 9.30. The first-order valence-corrected chi connectivity index (χ1v) is 11.9. The lowest BCUT2D eigenvalue weighted by molar-refractivity contribution is -0.459. The summed E-state index contributed by atoms with van der Waals surface area (Å²) >= 11 is 0. The standard InChI is InChI=1S/C26H32N2O8/c1-3-12-28-23(33)17-8-4-14(5-9-17)19-21(31)25(35)20(24(34,18(30)13-29)26(19,25)36)15-6-10-16(11-7-15)22(32)27-2/h4-11,18-21,29-31,34-36H,3,12-13H2,1-2H3,(H,27,32)(H,28,33)/t18-,19?,20?,21?,24+,25+,26+/m1/s1. The second-order valence-corrected chi connectivity index (χ2v) is 9.55. The molecule has 0 heterocycles. The van der Waals surface area contributed by atoms with Crippen LogP contribution in [0.2, 0.25) is 0 Å². The van der Waals surface area contributed by atoms with Gasteiger partial charge in [-0.05, 0) is 41.8 Å². The summed E-state index contributed by atoms with van der Waals surface area (Å²) in [7, 11) is 1.47. The van der Waals surface area contributed by atoms with Crippen molar-refractivity contribution in [1.29, 1.82) is 0 Å². The van der Waals surface area contributed by atoms with Crippen molar-refractivity contribution in [3.63, 3.8) is 0 Å². The van der Waals surface area contributed by atoms with Crippen LogP contribution in [0.25, 0.3) is 0 Å². The van der Waals surface area contributed by atoms with Crippen molar-refractivity contribution in [2.45, 2.75) is 54.2 Å². The lowest BCUT2D eigenvalue weighted by Crippen LogP contribution is -2.99. The second-order valence-electron chi connectivity index (χ2n) is 9.55. The minimum Gasteiger partial charge on any atom is -0.394 e. The summed E-state index contributed by atoms with van der Waals surface area (Å²) in [5.74, 6) is -3.24. The van der Waals surface area contributed by atoms with Gasteiger partial charge in [-0.3, -0.25) is 9.59 Å². The van der Waals surface area contributed by atoms with Gasteiger partial charge in [-0.2, -0.15) is 0 Å². The summed E-state index contributed by atoms with van der Waals surface area (Å²) in [6, 6.07) is 11.8. The molecular formula is C26H32N2O8. The zero-order chi connectivity index (χ0) is 26.5. The quantitative estimate of drug-likeness (QED) is 0.227. The third-order valence-electron chi connectivity index (χ3n) is 7.80. The number of carbonyl (C=O) groups is 2. The fourth-order valence-corrected chi connectivity index (χ4v) is 5.97. The Labute approximate surface area is 208 Å². The average Bonchev–Trinajstić information content (AvgIpc) is 2.91. The van der Waals surface area contributed by atoms with Crippen molar-refractivity contribution in [3.8, 4) is 0 Å². The van der Waals surface area contributed by atoms with E-state index in [1.54, 1.807) is 0 Å². The van der Waals surface area contributed by atoms with Crippen molar-refractivity contribution in [3.05, 3.63) is 70.8 Å². The number of nitrogens with one attached hydrogen (secondary N) is 2. The Morgan fingerprint density at radius 2 is 1.47 bits per heavy atom. The van der Waals surface area contributed by atoms with Crippen LogP contribution in [0.1, 0.15) is 57.0 Å². The molecule has 0 saturated heterocycles. The summed E-state index contributed by atoms with van der Waals surface area (Å²) in [6.07, 6.45) is -2.64. The molecule has 2 aliphatic carbocycles. The molecule has 194 valence electrons. The molecule has 2 aromatic carbocycles. The fraction of sp³-hybridized carbons (Fsp3) is 0.462. The Morgan fingerprint density at radius 3 is 1.97 bits per heavy atom. The van der Waals surface area contributed by atoms with E-state index in [0.29, 0.717) is 23.2 Å². The Kier molecular flexibility index (Phi) is 6.71. The van der Waals surface area contributed by atoms with Crippen LogP contribution in [0.3, 0.4) is 0 Å². The molecule has 0 aliphatic heterocycles. The van der Waals surface area contributed by atoms with E-state index in [1.165, 1.54) is 55.6 Å². The third-order valence-corrected chi connectivity index (χ3v) is 7.80. The molecule has 3 unspecified atom stereocenters. The van der Waals surface area contributed by atoms with Gasteiger partial charge >= 0.3 is 0 Å². The predicted octanol–water partition coefficient (Wildman–Crippen LogP) is -1.01. The Balaban J connectivity index is 1.70. The molecule has 0 radical (unpaired) electrons. The average molecular weight is 501 g/mol. The first kappa shape index (κ1) is 26.2. The zero-order valence-corrected chi connectivity index (χ0v) is 20.0. The van der Waals surface area contributed by atoms with Crippen LogP contribution in [-0.4, -0.2) is 91.7 Å². The number of aliphatic hydroxyl groups is 6. The highest BCUT2D eigenvalue weighted by atomic mass is 16.5. The van der Waals surface area contributed by atoms with E-state index in [0.717, 1.165) is 6.42 Å². The van der Waals surface area contributed by atoms with Crippen LogP contribution in [0.15, 0.2) is 48.5 Å². The Hall–Kier alpha value is -2.86. The smallest absolute Gasteiger partial charge is 0.251 e. The maximum Gasteiger partial charge on any atom is 0.251 e. The Morgan fingerprint density at radius 1 is 0.944 bits per heavy atom. The highest BCUT2D eigenvalue weighted by molar-refractivity contribution is 5.94. The van der Waals surface area contributed by atoms with Crippen molar-refractivity contribution >= 4 is 11.8 Å². The van der Waals surface area contributed by atoms with Gasteiger partial charge in [0.05, 0.1) is 18.6 Å². The lowest BCUT2D eigenvalue weighted by Gasteiger charge is -2.80. The van der Waals surface area contributed by atoms with Crippen LogP contribution in [0.5, 0.6) is 0 Å². The summed E-state index contributed by atoms with van der Waals surface area (Å²) in [5.41, 5.74) is -5.86. The molecule has 2 aliphatic rings.